The van der Waals surface area contributed by atoms with Crippen LogP contribution >= 0.6 is 0 Å². The molecule has 0 bridgehead atoms. The maximum Gasteiger partial charge on any atom is 0.119 e. The molecular formula is C37H48O3. The second-order valence-corrected chi connectivity index (χ2v) is 13.4. The van der Waals surface area contributed by atoms with E-state index in [0.717, 1.165) is 53.9 Å². The minimum Gasteiger partial charge on any atom is -0.508 e. The van der Waals surface area contributed by atoms with E-state index in [-0.39, 0.29) is 10.8 Å². The minimum atomic E-state index is -0.173. The lowest BCUT2D eigenvalue weighted by molar-refractivity contribution is 0.108. The lowest BCUT2D eigenvalue weighted by Gasteiger charge is -2.52. The second-order valence-electron chi connectivity index (χ2n) is 13.4. The van der Waals surface area contributed by atoms with Crippen LogP contribution in [-0.4, -0.2) is 15.3 Å². The van der Waals surface area contributed by atoms with Crippen molar-refractivity contribution in [1.82, 2.24) is 0 Å². The number of rotatable bonds is 4. The summed E-state index contributed by atoms with van der Waals surface area (Å²) in [4.78, 5) is 0. The second kappa shape index (κ2) is 10.5. The summed E-state index contributed by atoms with van der Waals surface area (Å²) in [5.41, 5.74) is 10.7. The zero-order valence-corrected chi connectivity index (χ0v) is 25.6. The van der Waals surface area contributed by atoms with Gasteiger partial charge < -0.3 is 15.3 Å². The Balaban J connectivity index is 1.65. The van der Waals surface area contributed by atoms with E-state index in [9.17, 15) is 15.3 Å². The van der Waals surface area contributed by atoms with E-state index in [0.29, 0.717) is 23.2 Å². The van der Waals surface area contributed by atoms with Crippen molar-refractivity contribution in [3.63, 3.8) is 0 Å². The zero-order chi connectivity index (χ0) is 29.0. The van der Waals surface area contributed by atoms with Gasteiger partial charge in [0.05, 0.1) is 0 Å². The van der Waals surface area contributed by atoms with Crippen molar-refractivity contribution in [2.45, 2.75) is 111 Å². The quantitative estimate of drug-likeness (QED) is 0.309. The molecule has 2 fully saturated rings. The molecule has 0 heterocycles. The summed E-state index contributed by atoms with van der Waals surface area (Å²) in [7, 11) is 0. The van der Waals surface area contributed by atoms with Crippen molar-refractivity contribution in [2.24, 2.45) is 11.8 Å². The van der Waals surface area contributed by atoms with Crippen LogP contribution in [0.25, 0.3) is 0 Å². The molecular weight excluding hydrogens is 492 g/mol. The standard InChI is InChI=1S/C37H48O3/c1-22-12-16-36(17-13-22,29-8-10-31(38)11-9-29)30-14-18-37(19-15-30,34-23(2)20-32(39)25(4)27(34)6)35-24(3)21-33(40)26(5)28(35)7/h8-11,20-22,30,38-40H,12-19H2,1-7H3. The number of hydrogen-bond donors (Lipinski definition) is 3. The van der Waals surface area contributed by atoms with Gasteiger partial charge in [0.15, 0.2) is 0 Å². The van der Waals surface area contributed by atoms with Crippen molar-refractivity contribution >= 4 is 0 Å². The summed E-state index contributed by atoms with van der Waals surface area (Å²) in [6, 6.07) is 12.0. The molecule has 0 amide bonds. The van der Waals surface area contributed by atoms with Gasteiger partial charge in [0.2, 0.25) is 0 Å². The lowest BCUT2D eigenvalue weighted by atomic mass is 9.52. The monoisotopic (exact) mass is 540 g/mol. The first-order valence-electron chi connectivity index (χ1n) is 15.3. The van der Waals surface area contributed by atoms with Gasteiger partial charge in [-0.1, -0.05) is 19.1 Å². The highest BCUT2D eigenvalue weighted by Gasteiger charge is 2.49. The molecule has 2 aliphatic carbocycles. The molecule has 0 atom stereocenters. The Morgan fingerprint density at radius 3 is 1.50 bits per heavy atom. The number of phenols is 3. The normalized spacial score (nSPS) is 23.3. The molecule has 2 saturated carbocycles. The van der Waals surface area contributed by atoms with E-state index >= 15 is 0 Å². The Bertz CT molecular complexity index is 1330. The van der Waals surface area contributed by atoms with Gasteiger partial charge in [-0.3, -0.25) is 0 Å². The molecule has 3 N–H and O–H groups in total. The Morgan fingerprint density at radius 2 is 1.05 bits per heavy atom. The van der Waals surface area contributed by atoms with Gasteiger partial charge in [-0.25, -0.2) is 0 Å². The molecule has 0 radical (unpaired) electrons. The average molecular weight is 541 g/mol. The Kier molecular flexibility index (Phi) is 7.48. The van der Waals surface area contributed by atoms with Crippen molar-refractivity contribution in [3.8, 4) is 17.2 Å². The maximum atomic E-state index is 10.7. The molecule has 0 spiro atoms. The number of hydrogen-bond acceptors (Lipinski definition) is 3. The highest BCUT2D eigenvalue weighted by atomic mass is 16.3. The van der Waals surface area contributed by atoms with E-state index in [1.54, 1.807) is 0 Å². The fourth-order valence-corrected chi connectivity index (χ4v) is 8.89. The number of phenolic OH excluding ortho intramolecular Hbond substituents is 3. The first-order chi connectivity index (χ1) is 18.9. The Morgan fingerprint density at radius 1 is 0.600 bits per heavy atom. The first-order valence-corrected chi connectivity index (χ1v) is 15.3. The van der Waals surface area contributed by atoms with Crippen LogP contribution in [0.15, 0.2) is 36.4 Å². The van der Waals surface area contributed by atoms with Gasteiger partial charge in [0, 0.05) is 5.41 Å². The van der Waals surface area contributed by atoms with Crippen LogP contribution in [0.5, 0.6) is 17.2 Å². The number of aryl methyl sites for hydroxylation is 2. The van der Waals surface area contributed by atoms with Crippen LogP contribution in [0.1, 0.15) is 108 Å². The first kappa shape index (κ1) is 28.6. The summed E-state index contributed by atoms with van der Waals surface area (Å²) in [5.74, 6) is 2.44. The van der Waals surface area contributed by atoms with Crippen molar-refractivity contribution in [1.29, 1.82) is 0 Å². The molecule has 0 aromatic heterocycles. The topological polar surface area (TPSA) is 60.7 Å². The van der Waals surface area contributed by atoms with Gasteiger partial charge in [-0.05, 0) is 184 Å². The van der Waals surface area contributed by atoms with Gasteiger partial charge >= 0.3 is 0 Å². The fraction of sp³-hybridized carbons (Fsp3) is 0.514. The fourth-order valence-electron chi connectivity index (χ4n) is 8.89. The van der Waals surface area contributed by atoms with Crippen LogP contribution in [-0.2, 0) is 10.8 Å². The van der Waals surface area contributed by atoms with E-state index in [1.807, 2.05) is 38.1 Å². The molecule has 3 aromatic carbocycles. The van der Waals surface area contributed by atoms with Gasteiger partial charge in [-0.15, -0.1) is 0 Å². The molecule has 0 saturated heterocycles. The van der Waals surface area contributed by atoms with Crippen LogP contribution in [0.2, 0.25) is 0 Å². The minimum absolute atomic E-state index is 0.149. The van der Waals surface area contributed by atoms with Gasteiger partial charge in [0.1, 0.15) is 17.2 Å². The Hall–Kier alpha value is -2.94. The third-order valence-electron chi connectivity index (χ3n) is 11.3. The Labute approximate surface area is 241 Å². The van der Waals surface area contributed by atoms with Crippen LogP contribution in [0.3, 0.4) is 0 Å². The molecule has 0 aliphatic heterocycles. The maximum absolute atomic E-state index is 10.7. The predicted molar refractivity (Wildman–Crippen MR) is 165 cm³/mol. The van der Waals surface area contributed by atoms with Gasteiger partial charge in [-0.2, -0.15) is 0 Å². The summed E-state index contributed by atoms with van der Waals surface area (Å²) < 4.78 is 0. The van der Waals surface area contributed by atoms with Crippen LogP contribution < -0.4 is 0 Å². The highest BCUT2D eigenvalue weighted by Crippen LogP contribution is 2.58. The molecule has 3 aromatic rings. The van der Waals surface area contributed by atoms with Crippen LogP contribution in [0, 0.1) is 53.4 Å². The van der Waals surface area contributed by atoms with Gasteiger partial charge in [0.25, 0.3) is 0 Å². The third kappa shape index (κ3) is 4.50. The van der Waals surface area contributed by atoms with E-state index < -0.39 is 0 Å². The summed E-state index contributed by atoms with van der Waals surface area (Å²) in [5, 5.41) is 31.5. The SMILES string of the molecule is Cc1cc(O)c(C)c(C)c1C1(c2c(C)cc(O)c(C)c2C)CCC(C2(c3ccc(O)cc3)CCC(C)CC2)CC1. The summed E-state index contributed by atoms with van der Waals surface area (Å²) in [6.07, 6.45) is 9.29. The summed E-state index contributed by atoms with van der Waals surface area (Å²) in [6.45, 7) is 15.2. The average Bonchev–Trinajstić information content (AvgIpc) is 2.92. The molecule has 3 nitrogen and oxygen atoms in total. The molecule has 214 valence electrons. The largest absolute Gasteiger partial charge is 0.508 e. The van der Waals surface area contributed by atoms with Crippen molar-refractivity contribution in [3.05, 3.63) is 86.5 Å². The number of benzene rings is 3. The zero-order valence-electron chi connectivity index (χ0n) is 25.6. The van der Waals surface area contributed by atoms with E-state index in [2.05, 4.69) is 46.8 Å². The third-order valence-corrected chi connectivity index (χ3v) is 11.3. The summed E-state index contributed by atoms with van der Waals surface area (Å²) >= 11 is 0. The molecule has 5 rings (SSSR count). The lowest BCUT2D eigenvalue weighted by Crippen LogP contribution is -2.44. The van der Waals surface area contributed by atoms with Crippen molar-refractivity contribution < 1.29 is 15.3 Å². The number of aromatic hydroxyl groups is 3. The smallest absolute Gasteiger partial charge is 0.119 e. The molecule has 0 unspecified atom stereocenters. The van der Waals surface area contributed by atoms with E-state index in [4.69, 9.17) is 0 Å². The molecule has 2 aliphatic rings. The predicted octanol–water partition coefficient (Wildman–Crippen LogP) is 9.28. The van der Waals surface area contributed by atoms with E-state index in [1.165, 1.54) is 53.5 Å². The highest BCUT2D eigenvalue weighted by molar-refractivity contribution is 5.60. The molecule has 40 heavy (non-hydrogen) atoms. The molecule has 3 heteroatoms. The van der Waals surface area contributed by atoms with Crippen LogP contribution in [0.4, 0.5) is 0 Å². The van der Waals surface area contributed by atoms with Crippen molar-refractivity contribution in [2.75, 3.05) is 0 Å².